The van der Waals surface area contributed by atoms with Gasteiger partial charge in [-0.25, -0.2) is 9.97 Å². The molecule has 1 aromatic rings. The molecule has 1 saturated carbocycles. The van der Waals surface area contributed by atoms with E-state index in [0.29, 0.717) is 17.6 Å². The number of ether oxygens (including phenoxy) is 1. The Morgan fingerprint density at radius 3 is 2.85 bits per heavy atom. The van der Waals surface area contributed by atoms with Crippen LogP contribution < -0.4 is 5.32 Å². The van der Waals surface area contributed by atoms with Crippen LogP contribution in [0.1, 0.15) is 50.6 Å². The second kappa shape index (κ2) is 5.76. The number of nitrogens with zero attached hydrogens (tertiary/aromatic N) is 3. The van der Waals surface area contributed by atoms with Gasteiger partial charge in [-0.15, -0.1) is 0 Å². The molecule has 106 valence electrons. The molecule has 0 aromatic carbocycles. The first-order valence-electron chi connectivity index (χ1n) is 7.43. The smallest absolute Gasteiger partial charge is 0.182 e. The minimum absolute atomic E-state index is 0.0587. The van der Waals surface area contributed by atoms with Crippen molar-refractivity contribution in [1.29, 1.82) is 5.26 Å². The van der Waals surface area contributed by atoms with Gasteiger partial charge in [-0.2, -0.15) is 5.26 Å². The molecule has 2 heterocycles. The lowest BCUT2D eigenvalue weighted by Gasteiger charge is -2.43. The first-order valence-corrected chi connectivity index (χ1v) is 7.43. The predicted octanol–water partition coefficient (Wildman–Crippen LogP) is 2.64. The average Bonchev–Trinajstić information content (AvgIpc) is 2.49. The lowest BCUT2D eigenvalue weighted by Crippen LogP contribution is -2.45. The molecule has 1 N–H and O–H groups in total. The number of rotatable bonds is 2. The summed E-state index contributed by atoms with van der Waals surface area (Å²) in [5.74, 6) is 0.604. The zero-order valence-electron chi connectivity index (χ0n) is 11.6. The van der Waals surface area contributed by atoms with E-state index in [-0.39, 0.29) is 5.60 Å². The molecule has 1 unspecified atom stereocenters. The topological polar surface area (TPSA) is 70.8 Å². The van der Waals surface area contributed by atoms with Gasteiger partial charge in [-0.3, -0.25) is 0 Å². The highest BCUT2D eigenvalue weighted by atomic mass is 16.5. The summed E-state index contributed by atoms with van der Waals surface area (Å²) in [6.07, 6.45) is 11.3. The van der Waals surface area contributed by atoms with Gasteiger partial charge in [0.1, 0.15) is 6.07 Å². The van der Waals surface area contributed by atoms with E-state index < -0.39 is 0 Å². The van der Waals surface area contributed by atoms with Crippen LogP contribution in [0.4, 0.5) is 5.82 Å². The van der Waals surface area contributed by atoms with Gasteiger partial charge < -0.3 is 10.1 Å². The average molecular weight is 272 g/mol. The first kappa shape index (κ1) is 13.3. The fourth-order valence-corrected chi connectivity index (χ4v) is 3.41. The summed E-state index contributed by atoms with van der Waals surface area (Å²) < 4.78 is 6.09. The van der Waals surface area contributed by atoms with Crippen LogP contribution >= 0.6 is 0 Å². The van der Waals surface area contributed by atoms with Gasteiger partial charge in [0.05, 0.1) is 5.60 Å². The van der Waals surface area contributed by atoms with Gasteiger partial charge in [0.15, 0.2) is 11.5 Å². The molecular weight excluding hydrogens is 252 g/mol. The summed E-state index contributed by atoms with van der Waals surface area (Å²) in [5.41, 5.74) is 0.431. The summed E-state index contributed by atoms with van der Waals surface area (Å²) in [4.78, 5) is 8.29. The Kier molecular flexibility index (Phi) is 3.83. The Hall–Kier alpha value is -1.67. The highest BCUT2D eigenvalue weighted by molar-refractivity contribution is 5.47. The molecule has 0 bridgehead atoms. The molecule has 20 heavy (non-hydrogen) atoms. The van der Waals surface area contributed by atoms with Crippen LogP contribution in [0.25, 0.3) is 0 Å². The molecule has 0 radical (unpaired) electrons. The van der Waals surface area contributed by atoms with E-state index in [1.807, 2.05) is 0 Å². The zero-order chi connectivity index (χ0) is 13.8. The Balaban J connectivity index is 1.70. The van der Waals surface area contributed by atoms with Gasteiger partial charge in [-0.05, 0) is 25.7 Å². The lowest BCUT2D eigenvalue weighted by molar-refractivity contribution is -0.103. The van der Waals surface area contributed by atoms with Crippen LogP contribution in [0, 0.1) is 11.3 Å². The largest absolute Gasteiger partial charge is 0.375 e. The Bertz CT molecular complexity index is 499. The second-order valence-electron chi connectivity index (χ2n) is 5.79. The highest BCUT2D eigenvalue weighted by Crippen LogP contribution is 2.39. The van der Waals surface area contributed by atoms with Crippen LogP contribution in [-0.2, 0) is 4.74 Å². The SMILES string of the molecule is N#Cc1nccnc1NC1CCOC2(CCCCC2)C1. The summed E-state index contributed by atoms with van der Waals surface area (Å²) >= 11 is 0. The number of nitrogens with one attached hydrogen (secondary N) is 1. The molecule has 1 saturated heterocycles. The van der Waals surface area contributed by atoms with Crippen molar-refractivity contribution in [3.8, 4) is 6.07 Å². The summed E-state index contributed by atoms with van der Waals surface area (Å²) in [5, 5.41) is 12.5. The number of hydrogen-bond acceptors (Lipinski definition) is 5. The molecule has 1 aliphatic carbocycles. The van der Waals surface area contributed by atoms with Gasteiger partial charge in [0, 0.05) is 25.0 Å². The molecule has 1 spiro atoms. The van der Waals surface area contributed by atoms with E-state index in [4.69, 9.17) is 10.00 Å². The van der Waals surface area contributed by atoms with Crippen molar-refractivity contribution in [2.24, 2.45) is 0 Å². The number of nitriles is 1. The quantitative estimate of drug-likeness (QED) is 0.896. The van der Waals surface area contributed by atoms with E-state index >= 15 is 0 Å². The molecule has 1 aromatic heterocycles. The van der Waals surface area contributed by atoms with Crippen LogP contribution in [-0.4, -0.2) is 28.2 Å². The molecule has 2 fully saturated rings. The van der Waals surface area contributed by atoms with Crippen molar-refractivity contribution < 1.29 is 4.74 Å². The van der Waals surface area contributed by atoms with E-state index in [9.17, 15) is 0 Å². The van der Waals surface area contributed by atoms with Crippen LogP contribution in [0.3, 0.4) is 0 Å². The van der Waals surface area contributed by atoms with Crippen molar-refractivity contribution >= 4 is 5.82 Å². The van der Waals surface area contributed by atoms with Crippen LogP contribution in [0.2, 0.25) is 0 Å². The normalized spacial score (nSPS) is 25.1. The maximum atomic E-state index is 9.07. The molecule has 3 rings (SSSR count). The standard InChI is InChI=1S/C15H20N4O/c16-11-13-14(18-8-7-17-13)19-12-4-9-20-15(10-12)5-2-1-3-6-15/h7-8,12H,1-6,9-10H2,(H,18,19). The molecule has 1 aliphatic heterocycles. The zero-order valence-corrected chi connectivity index (χ0v) is 11.6. The summed E-state index contributed by atoms with van der Waals surface area (Å²) in [6, 6.07) is 2.41. The minimum Gasteiger partial charge on any atom is -0.375 e. The van der Waals surface area contributed by atoms with Crippen LogP contribution in [0.15, 0.2) is 12.4 Å². The third-order valence-corrected chi connectivity index (χ3v) is 4.40. The fraction of sp³-hybridized carbons (Fsp3) is 0.667. The van der Waals surface area contributed by atoms with E-state index in [1.54, 1.807) is 12.4 Å². The van der Waals surface area contributed by atoms with Crippen molar-refractivity contribution in [2.75, 3.05) is 11.9 Å². The van der Waals surface area contributed by atoms with Crippen molar-refractivity contribution in [3.63, 3.8) is 0 Å². The number of anilines is 1. The van der Waals surface area contributed by atoms with E-state index in [2.05, 4.69) is 21.4 Å². The van der Waals surface area contributed by atoms with E-state index in [1.165, 1.54) is 19.3 Å². The van der Waals surface area contributed by atoms with Crippen molar-refractivity contribution in [2.45, 2.75) is 56.6 Å². The predicted molar refractivity (Wildman–Crippen MR) is 75.2 cm³/mol. The van der Waals surface area contributed by atoms with E-state index in [0.717, 1.165) is 32.3 Å². The highest BCUT2D eigenvalue weighted by Gasteiger charge is 2.38. The molecule has 1 atom stereocenters. The molecule has 5 nitrogen and oxygen atoms in total. The monoisotopic (exact) mass is 272 g/mol. The molecule has 5 heteroatoms. The van der Waals surface area contributed by atoms with Gasteiger partial charge in [0.2, 0.25) is 0 Å². The maximum Gasteiger partial charge on any atom is 0.182 e. The molecule has 2 aliphatic rings. The summed E-state index contributed by atoms with van der Waals surface area (Å²) in [7, 11) is 0. The number of hydrogen-bond donors (Lipinski definition) is 1. The third-order valence-electron chi connectivity index (χ3n) is 4.40. The lowest BCUT2D eigenvalue weighted by atomic mass is 9.78. The van der Waals surface area contributed by atoms with Gasteiger partial charge >= 0.3 is 0 Å². The second-order valence-corrected chi connectivity index (χ2v) is 5.79. The van der Waals surface area contributed by atoms with Crippen molar-refractivity contribution in [1.82, 2.24) is 9.97 Å². The maximum absolute atomic E-state index is 9.07. The molecule has 0 amide bonds. The minimum atomic E-state index is 0.0587. The van der Waals surface area contributed by atoms with Crippen LogP contribution in [0.5, 0.6) is 0 Å². The number of aromatic nitrogens is 2. The van der Waals surface area contributed by atoms with Crippen molar-refractivity contribution in [3.05, 3.63) is 18.1 Å². The third kappa shape index (κ3) is 2.75. The molecular formula is C15H20N4O. The Morgan fingerprint density at radius 2 is 2.05 bits per heavy atom. The Morgan fingerprint density at radius 1 is 1.25 bits per heavy atom. The first-order chi connectivity index (χ1) is 9.81. The van der Waals surface area contributed by atoms with Gasteiger partial charge in [0.25, 0.3) is 0 Å². The summed E-state index contributed by atoms with van der Waals surface area (Å²) in [6.45, 7) is 0.791. The fourth-order valence-electron chi connectivity index (χ4n) is 3.41. The van der Waals surface area contributed by atoms with Gasteiger partial charge in [-0.1, -0.05) is 19.3 Å². The Labute approximate surface area is 119 Å².